The molecule has 0 unspecified atom stereocenters. The standard InChI is InChI=1S/C13H6Br2ClNO3S/c14-9-2-4-13(10(15)6-9)21(18,19)20-12-3-1-8(7-17)5-11(12)16/h1-6H. The third kappa shape index (κ3) is 3.77. The Bertz CT molecular complexity index is 847. The topological polar surface area (TPSA) is 67.2 Å². The van der Waals surface area contributed by atoms with Crippen molar-refractivity contribution in [2.45, 2.75) is 4.90 Å². The lowest BCUT2D eigenvalue weighted by Gasteiger charge is -2.10. The molecule has 2 aromatic rings. The Morgan fingerprint density at radius 1 is 1.14 bits per heavy atom. The van der Waals surface area contributed by atoms with E-state index in [4.69, 9.17) is 21.0 Å². The highest BCUT2D eigenvalue weighted by Gasteiger charge is 2.21. The van der Waals surface area contributed by atoms with Crippen molar-refractivity contribution in [2.75, 3.05) is 0 Å². The highest BCUT2D eigenvalue weighted by atomic mass is 79.9. The first kappa shape index (κ1) is 16.3. The average molecular weight is 452 g/mol. The zero-order chi connectivity index (χ0) is 15.6. The number of hydrogen-bond acceptors (Lipinski definition) is 4. The molecule has 0 spiro atoms. The Morgan fingerprint density at radius 3 is 2.43 bits per heavy atom. The first-order valence-corrected chi connectivity index (χ1v) is 8.80. The maximum Gasteiger partial charge on any atom is 0.340 e. The number of rotatable bonds is 3. The summed E-state index contributed by atoms with van der Waals surface area (Å²) in [6.07, 6.45) is 0. The van der Waals surface area contributed by atoms with E-state index in [1.807, 2.05) is 6.07 Å². The Hall–Kier alpha value is -1.07. The van der Waals surface area contributed by atoms with E-state index in [2.05, 4.69) is 31.9 Å². The number of nitriles is 1. The molecule has 0 N–H and O–H groups in total. The van der Waals surface area contributed by atoms with Crippen molar-refractivity contribution in [3.8, 4) is 11.8 Å². The molecule has 0 heterocycles. The lowest BCUT2D eigenvalue weighted by atomic mass is 10.2. The molecule has 0 aromatic heterocycles. The minimum Gasteiger partial charge on any atom is -0.377 e. The van der Waals surface area contributed by atoms with Gasteiger partial charge in [0.1, 0.15) is 4.90 Å². The maximum atomic E-state index is 12.2. The molecule has 2 rings (SSSR count). The largest absolute Gasteiger partial charge is 0.377 e. The van der Waals surface area contributed by atoms with Gasteiger partial charge in [-0.25, -0.2) is 0 Å². The fourth-order valence-corrected chi connectivity index (χ4v) is 4.39. The molecule has 0 saturated heterocycles. The van der Waals surface area contributed by atoms with Gasteiger partial charge in [-0.2, -0.15) is 13.7 Å². The summed E-state index contributed by atoms with van der Waals surface area (Å²) in [6.45, 7) is 0. The third-order valence-electron chi connectivity index (χ3n) is 2.42. The molecule has 0 atom stereocenters. The van der Waals surface area contributed by atoms with E-state index in [9.17, 15) is 8.42 Å². The van der Waals surface area contributed by atoms with Crippen LogP contribution in [0.5, 0.6) is 5.75 Å². The number of benzene rings is 2. The highest BCUT2D eigenvalue weighted by molar-refractivity contribution is 9.11. The SMILES string of the molecule is N#Cc1ccc(OS(=O)(=O)c2ccc(Br)cc2Br)c(Cl)c1. The first-order valence-electron chi connectivity index (χ1n) is 5.42. The van der Waals surface area contributed by atoms with Gasteiger partial charge in [0.15, 0.2) is 5.75 Å². The normalized spacial score (nSPS) is 11.0. The lowest BCUT2D eigenvalue weighted by molar-refractivity contribution is 0.485. The smallest absolute Gasteiger partial charge is 0.340 e. The fourth-order valence-electron chi connectivity index (χ4n) is 1.48. The highest BCUT2D eigenvalue weighted by Crippen LogP contribution is 2.31. The van der Waals surface area contributed by atoms with E-state index in [0.29, 0.717) is 10.0 Å². The molecule has 0 aliphatic rings. The predicted molar refractivity (Wildman–Crippen MR) is 85.8 cm³/mol. The molecule has 4 nitrogen and oxygen atoms in total. The molecule has 0 aliphatic heterocycles. The van der Waals surface area contributed by atoms with Gasteiger partial charge in [-0.15, -0.1) is 0 Å². The van der Waals surface area contributed by atoms with Gasteiger partial charge >= 0.3 is 10.1 Å². The van der Waals surface area contributed by atoms with E-state index in [1.54, 1.807) is 12.1 Å². The summed E-state index contributed by atoms with van der Waals surface area (Å²) in [5.41, 5.74) is 0.314. The molecule has 0 fully saturated rings. The van der Waals surface area contributed by atoms with Gasteiger partial charge in [0.05, 0.1) is 16.7 Å². The molecular formula is C13H6Br2ClNO3S. The van der Waals surface area contributed by atoms with Crippen molar-refractivity contribution < 1.29 is 12.6 Å². The van der Waals surface area contributed by atoms with E-state index in [-0.39, 0.29) is 15.7 Å². The van der Waals surface area contributed by atoms with Gasteiger partial charge in [0.2, 0.25) is 0 Å². The molecule has 2 aromatic carbocycles. The third-order valence-corrected chi connectivity index (χ3v) is 5.42. The van der Waals surface area contributed by atoms with Gasteiger partial charge in [0, 0.05) is 8.95 Å². The molecule has 21 heavy (non-hydrogen) atoms. The van der Waals surface area contributed by atoms with Gasteiger partial charge < -0.3 is 4.18 Å². The van der Waals surface area contributed by atoms with E-state index >= 15 is 0 Å². The molecule has 0 radical (unpaired) electrons. The second kappa shape index (κ2) is 6.36. The van der Waals surface area contributed by atoms with Crippen molar-refractivity contribution in [1.82, 2.24) is 0 Å². The van der Waals surface area contributed by atoms with Crippen molar-refractivity contribution >= 4 is 53.6 Å². The zero-order valence-corrected chi connectivity index (χ0v) is 14.9. The van der Waals surface area contributed by atoms with Gasteiger partial charge in [-0.1, -0.05) is 27.5 Å². The summed E-state index contributed by atoms with van der Waals surface area (Å²) in [5, 5.41) is 8.79. The quantitative estimate of drug-likeness (QED) is 0.645. The van der Waals surface area contributed by atoms with Crippen LogP contribution in [0, 0.1) is 11.3 Å². The van der Waals surface area contributed by atoms with Crippen LogP contribution in [0.25, 0.3) is 0 Å². The van der Waals surface area contributed by atoms with Crippen molar-refractivity contribution in [3.05, 3.63) is 55.9 Å². The molecule has 0 bridgehead atoms. The van der Waals surface area contributed by atoms with Gasteiger partial charge in [0.25, 0.3) is 0 Å². The molecule has 8 heteroatoms. The van der Waals surface area contributed by atoms with Crippen LogP contribution in [-0.2, 0) is 10.1 Å². The maximum absolute atomic E-state index is 12.2. The second-order valence-electron chi connectivity index (χ2n) is 3.87. The van der Waals surface area contributed by atoms with Crippen LogP contribution in [0.15, 0.2) is 50.2 Å². The predicted octanol–water partition coefficient (Wildman–Crippen LogP) is 4.50. The van der Waals surface area contributed by atoms with Crippen LogP contribution < -0.4 is 4.18 Å². The molecule has 0 aliphatic carbocycles. The Labute approximate surface area is 143 Å². The Morgan fingerprint density at radius 2 is 1.86 bits per heavy atom. The van der Waals surface area contributed by atoms with E-state index < -0.39 is 10.1 Å². The van der Waals surface area contributed by atoms with E-state index in [1.165, 1.54) is 24.3 Å². The van der Waals surface area contributed by atoms with Crippen LogP contribution >= 0.6 is 43.5 Å². The summed E-state index contributed by atoms with van der Waals surface area (Å²) < 4.78 is 30.6. The second-order valence-corrected chi connectivity index (χ2v) is 7.56. The first-order chi connectivity index (χ1) is 9.83. The fraction of sp³-hybridized carbons (Fsp3) is 0. The van der Waals surface area contributed by atoms with Gasteiger partial charge in [-0.05, 0) is 52.3 Å². The van der Waals surface area contributed by atoms with Crippen LogP contribution in [0.4, 0.5) is 0 Å². The number of halogens is 3. The molecule has 108 valence electrons. The van der Waals surface area contributed by atoms with Crippen molar-refractivity contribution in [1.29, 1.82) is 5.26 Å². The molecular weight excluding hydrogens is 445 g/mol. The summed E-state index contributed by atoms with van der Waals surface area (Å²) >= 11 is 12.3. The Kier molecular flexibility index (Phi) is 4.94. The monoisotopic (exact) mass is 449 g/mol. The zero-order valence-electron chi connectivity index (χ0n) is 10.2. The minimum atomic E-state index is -4.04. The summed E-state index contributed by atoms with van der Waals surface area (Å²) in [4.78, 5) is -0.0221. The van der Waals surface area contributed by atoms with Crippen LogP contribution in [0.1, 0.15) is 5.56 Å². The number of hydrogen-bond donors (Lipinski definition) is 0. The summed E-state index contributed by atoms with van der Waals surface area (Å²) in [5.74, 6) is -0.0366. The van der Waals surface area contributed by atoms with Gasteiger partial charge in [-0.3, -0.25) is 0 Å². The Balaban J connectivity index is 2.40. The lowest BCUT2D eigenvalue weighted by Crippen LogP contribution is -2.10. The number of nitrogens with zero attached hydrogens (tertiary/aromatic N) is 1. The molecule has 0 saturated carbocycles. The van der Waals surface area contributed by atoms with E-state index in [0.717, 1.165) is 4.47 Å². The van der Waals surface area contributed by atoms with Crippen LogP contribution in [0.3, 0.4) is 0 Å². The summed E-state index contributed by atoms with van der Waals surface area (Å²) in [7, 11) is -4.04. The minimum absolute atomic E-state index is 0.0221. The summed E-state index contributed by atoms with van der Waals surface area (Å²) in [6, 6.07) is 10.6. The van der Waals surface area contributed by atoms with Crippen molar-refractivity contribution in [2.24, 2.45) is 0 Å². The molecule has 0 amide bonds. The van der Waals surface area contributed by atoms with Crippen LogP contribution in [0.2, 0.25) is 5.02 Å². The van der Waals surface area contributed by atoms with Crippen LogP contribution in [-0.4, -0.2) is 8.42 Å². The van der Waals surface area contributed by atoms with Crippen molar-refractivity contribution in [3.63, 3.8) is 0 Å². The average Bonchev–Trinajstić information content (AvgIpc) is 2.40.